The van der Waals surface area contributed by atoms with Crippen LogP contribution >= 0.6 is 11.6 Å². The van der Waals surface area contributed by atoms with E-state index < -0.39 is 0 Å². The highest BCUT2D eigenvalue weighted by Gasteiger charge is 2.13. The average Bonchev–Trinajstić information content (AvgIpc) is 2.50. The summed E-state index contributed by atoms with van der Waals surface area (Å²) in [5.74, 6) is 0.844. The Hall–Kier alpha value is -1.51. The number of nitrogens with one attached hydrogen (secondary N) is 1. The molecule has 2 aromatic carbocycles. The largest absolute Gasteiger partial charge is 0.492 e. The fourth-order valence-corrected chi connectivity index (χ4v) is 2.39. The third kappa shape index (κ3) is 4.76. The summed E-state index contributed by atoms with van der Waals surface area (Å²) in [5.41, 5.74) is 2.57. The van der Waals surface area contributed by atoms with Gasteiger partial charge < -0.3 is 10.1 Å². The summed E-state index contributed by atoms with van der Waals surface area (Å²) in [7, 11) is 0. The molecule has 1 unspecified atom stereocenters. The van der Waals surface area contributed by atoms with Gasteiger partial charge in [-0.25, -0.2) is 0 Å². The summed E-state index contributed by atoms with van der Waals surface area (Å²) in [4.78, 5) is 0. The second-order valence-electron chi connectivity index (χ2n) is 5.13. The number of halogens is 1. The lowest BCUT2D eigenvalue weighted by Crippen LogP contribution is -2.28. The lowest BCUT2D eigenvalue weighted by molar-refractivity contribution is 0.266. The molecule has 2 rings (SSSR count). The van der Waals surface area contributed by atoms with Gasteiger partial charge in [-0.3, -0.25) is 0 Å². The minimum absolute atomic E-state index is 0.196. The standard InChI is InChI=1S/C18H22ClNO/c1-3-12-20-18(17-7-5-4-6-14(17)2)13-21-16-10-8-15(19)9-11-16/h4-11,18,20H,3,12-13H2,1-2H3. The van der Waals surface area contributed by atoms with E-state index in [0.717, 1.165) is 23.7 Å². The van der Waals surface area contributed by atoms with Crippen molar-refractivity contribution in [2.24, 2.45) is 0 Å². The van der Waals surface area contributed by atoms with Crippen molar-refractivity contribution in [2.45, 2.75) is 26.3 Å². The van der Waals surface area contributed by atoms with Gasteiger partial charge in [0.2, 0.25) is 0 Å². The van der Waals surface area contributed by atoms with Crippen molar-refractivity contribution in [3.8, 4) is 5.75 Å². The third-order valence-corrected chi connectivity index (χ3v) is 3.69. The Labute approximate surface area is 132 Å². The molecular weight excluding hydrogens is 282 g/mol. The van der Waals surface area contributed by atoms with E-state index in [1.807, 2.05) is 24.3 Å². The predicted octanol–water partition coefficient (Wildman–Crippen LogP) is 4.77. The molecule has 0 saturated heterocycles. The van der Waals surface area contributed by atoms with Crippen LogP contribution in [0.25, 0.3) is 0 Å². The zero-order chi connectivity index (χ0) is 15.1. The van der Waals surface area contributed by atoms with Crippen molar-refractivity contribution >= 4 is 11.6 Å². The van der Waals surface area contributed by atoms with Gasteiger partial charge in [0.05, 0.1) is 6.04 Å². The van der Waals surface area contributed by atoms with Crippen molar-refractivity contribution in [1.82, 2.24) is 5.32 Å². The minimum Gasteiger partial charge on any atom is -0.492 e. The number of ether oxygens (including phenoxy) is 1. The van der Waals surface area contributed by atoms with Crippen LogP contribution in [0.1, 0.15) is 30.5 Å². The highest BCUT2D eigenvalue weighted by molar-refractivity contribution is 6.30. The fourth-order valence-electron chi connectivity index (χ4n) is 2.27. The van der Waals surface area contributed by atoms with Crippen LogP contribution in [0.3, 0.4) is 0 Å². The first kappa shape index (κ1) is 15.9. The molecule has 0 aliphatic rings. The van der Waals surface area contributed by atoms with Crippen molar-refractivity contribution in [1.29, 1.82) is 0 Å². The topological polar surface area (TPSA) is 21.3 Å². The predicted molar refractivity (Wildman–Crippen MR) is 89.2 cm³/mol. The van der Waals surface area contributed by atoms with E-state index in [9.17, 15) is 0 Å². The second kappa shape index (κ2) is 8.06. The maximum absolute atomic E-state index is 5.91. The molecule has 0 aromatic heterocycles. The Kier molecular flexibility index (Phi) is 6.09. The lowest BCUT2D eigenvalue weighted by atomic mass is 10.0. The van der Waals surface area contributed by atoms with Crippen LogP contribution in [-0.4, -0.2) is 13.2 Å². The molecule has 0 aliphatic heterocycles. The number of aryl methyl sites for hydroxylation is 1. The van der Waals surface area contributed by atoms with E-state index in [0.29, 0.717) is 6.61 Å². The molecule has 3 heteroatoms. The van der Waals surface area contributed by atoms with Crippen LogP contribution in [0.2, 0.25) is 5.02 Å². The normalized spacial score (nSPS) is 12.1. The molecule has 1 atom stereocenters. The Morgan fingerprint density at radius 3 is 2.48 bits per heavy atom. The molecule has 0 radical (unpaired) electrons. The van der Waals surface area contributed by atoms with Gasteiger partial charge >= 0.3 is 0 Å². The van der Waals surface area contributed by atoms with Crippen molar-refractivity contribution in [3.63, 3.8) is 0 Å². The molecule has 1 N–H and O–H groups in total. The number of hydrogen-bond donors (Lipinski definition) is 1. The van der Waals surface area contributed by atoms with Gasteiger partial charge in [-0.05, 0) is 55.3 Å². The van der Waals surface area contributed by atoms with Gasteiger partial charge in [-0.15, -0.1) is 0 Å². The maximum Gasteiger partial charge on any atom is 0.119 e. The minimum atomic E-state index is 0.196. The summed E-state index contributed by atoms with van der Waals surface area (Å²) in [6, 6.07) is 16.1. The maximum atomic E-state index is 5.91. The first-order valence-electron chi connectivity index (χ1n) is 7.38. The first-order chi connectivity index (χ1) is 10.2. The lowest BCUT2D eigenvalue weighted by Gasteiger charge is -2.21. The highest BCUT2D eigenvalue weighted by atomic mass is 35.5. The second-order valence-corrected chi connectivity index (χ2v) is 5.56. The number of rotatable bonds is 7. The van der Waals surface area contributed by atoms with Crippen LogP contribution in [0, 0.1) is 6.92 Å². The Balaban J connectivity index is 2.06. The van der Waals surface area contributed by atoms with Gasteiger partial charge in [0.15, 0.2) is 0 Å². The van der Waals surface area contributed by atoms with Crippen molar-refractivity contribution in [3.05, 3.63) is 64.7 Å². The monoisotopic (exact) mass is 303 g/mol. The van der Waals surface area contributed by atoms with E-state index in [4.69, 9.17) is 16.3 Å². The molecule has 0 spiro atoms. The fraction of sp³-hybridized carbons (Fsp3) is 0.333. The summed E-state index contributed by atoms with van der Waals surface area (Å²) in [6.45, 7) is 5.88. The van der Waals surface area contributed by atoms with E-state index in [1.165, 1.54) is 11.1 Å². The summed E-state index contributed by atoms with van der Waals surface area (Å²) in [5, 5.41) is 4.28. The van der Waals surface area contributed by atoms with Crippen LogP contribution in [-0.2, 0) is 0 Å². The Morgan fingerprint density at radius 1 is 1.10 bits per heavy atom. The molecule has 112 valence electrons. The number of benzene rings is 2. The molecule has 0 bridgehead atoms. The summed E-state index contributed by atoms with van der Waals surface area (Å²) >= 11 is 5.89. The Morgan fingerprint density at radius 2 is 1.81 bits per heavy atom. The zero-order valence-electron chi connectivity index (χ0n) is 12.6. The molecule has 0 saturated carbocycles. The molecule has 21 heavy (non-hydrogen) atoms. The van der Waals surface area contributed by atoms with E-state index in [2.05, 4.69) is 43.4 Å². The van der Waals surface area contributed by atoms with Gasteiger partial charge in [0.1, 0.15) is 12.4 Å². The van der Waals surface area contributed by atoms with Gasteiger partial charge in [0, 0.05) is 5.02 Å². The smallest absolute Gasteiger partial charge is 0.119 e. The third-order valence-electron chi connectivity index (χ3n) is 3.43. The van der Waals surface area contributed by atoms with Crippen LogP contribution in [0.5, 0.6) is 5.75 Å². The first-order valence-corrected chi connectivity index (χ1v) is 7.75. The van der Waals surface area contributed by atoms with E-state index >= 15 is 0 Å². The average molecular weight is 304 g/mol. The SMILES string of the molecule is CCCNC(COc1ccc(Cl)cc1)c1ccccc1C. The van der Waals surface area contributed by atoms with Crippen LogP contribution in [0.15, 0.2) is 48.5 Å². The zero-order valence-corrected chi connectivity index (χ0v) is 13.4. The quantitative estimate of drug-likeness (QED) is 0.795. The van der Waals surface area contributed by atoms with E-state index in [-0.39, 0.29) is 6.04 Å². The molecule has 0 fully saturated rings. The molecule has 0 heterocycles. The van der Waals surface area contributed by atoms with Crippen LogP contribution < -0.4 is 10.1 Å². The van der Waals surface area contributed by atoms with Crippen LogP contribution in [0.4, 0.5) is 0 Å². The molecular formula is C18H22ClNO. The summed E-state index contributed by atoms with van der Waals surface area (Å²) < 4.78 is 5.91. The van der Waals surface area contributed by atoms with Gasteiger partial charge in [-0.2, -0.15) is 0 Å². The van der Waals surface area contributed by atoms with Crippen molar-refractivity contribution in [2.75, 3.05) is 13.2 Å². The summed E-state index contributed by atoms with van der Waals surface area (Å²) in [6.07, 6.45) is 1.10. The Bertz CT molecular complexity index is 553. The van der Waals surface area contributed by atoms with Gasteiger partial charge in [-0.1, -0.05) is 42.8 Å². The number of hydrogen-bond acceptors (Lipinski definition) is 2. The molecule has 2 aromatic rings. The molecule has 0 amide bonds. The van der Waals surface area contributed by atoms with Gasteiger partial charge in [0.25, 0.3) is 0 Å². The van der Waals surface area contributed by atoms with Crippen molar-refractivity contribution < 1.29 is 4.74 Å². The molecule has 2 nitrogen and oxygen atoms in total. The van der Waals surface area contributed by atoms with E-state index in [1.54, 1.807) is 0 Å². The molecule has 0 aliphatic carbocycles. The highest BCUT2D eigenvalue weighted by Crippen LogP contribution is 2.21.